The number of anilines is 2. The Morgan fingerprint density at radius 1 is 1.23 bits per heavy atom. The number of unbranched alkanes of at least 4 members (excludes halogenated alkanes) is 2. The summed E-state index contributed by atoms with van der Waals surface area (Å²) < 4.78 is 39.4. The van der Waals surface area contributed by atoms with E-state index in [4.69, 9.17) is 0 Å². The van der Waals surface area contributed by atoms with Crippen molar-refractivity contribution in [3.63, 3.8) is 0 Å². The number of amides is 2. The van der Waals surface area contributed by atoms with Gasteiger partial charge in [-0.05, 0) is 37.1 Å². The quantitative estimate of drug-likeness (QED) is 0.690. The summed E-state index contributed by atoms with van der Waals surface area (Å²) >= 11 is 0. The zero-order valence-corrected chi connectivity index (χ0v) is 16.9. The number of benzene rings is 1. The monoisotopic (exact) mass is 418 g/mol. The Balaban J connectivity index is 1.66. The SMILES string of the molecule is CCCCCNC(=O)N1c2nc(-c3cccc(C(F)(F)F)c3)ccc2N2CC[C@H]1C2. The first-order chi connectivity index (χ1) is 14.4. The van der Waals surface area contributed by atoms with Crippen LogP contribution in [0.2, 0.25) is 0 Å². The van der Waals surface area contributed by atoms with Gasteiger partial charge in [0.25, 0.3) is 0 Å². The van der Waals surface area contributed by atoms with Crippen molar-refractivity contribution in [1.29, 1.82) is 0 Å². The van der Waals surface area contributed by atoms with Crippen LogP contribution < -0.4 is 15.1 Å². The summed E-state index contributed by atoms with van der Waals surface area (Å²) in [4.78, 5) is 21.5. The Bertz CT molecular complexity index is 931. The summed E-state index contributed by atoms with van der Waals surface area (Å²) in [6.45, 7) is 4.29. The number of carbonyl (C=O) groups excluding carboxylic acids is 1. The van der Waals surface area contributed by atoms with Crippen LogP contribution in [-0.4, -0.2) is 36.7 Å². The maximum Gasteiger partial charge on any atom is 0.416 e. The van der Waals surface area contributed by atoms with E-state index in [-0.39, 0.29) is 12.1 Å². The fraction of sp³-hybridized carbons (Fsp3) is 0.455. The van der Waals surface area contributed by atoms with Crippen molar-refractivity contribution < 1.29 is 18.0 Å². The molecule has 2 aromatic rings. The topological polar surface area (TPSA) is 48.5 Å². The maximum atomic E-state index is 13.1. The van der Waals surface area contributed by atoms with Gasteiger partial charge in [-0.2, -0.15) is 13.2 Å². The van der Waals surface area contributed by atoms with Crippen LogP contribution in [-0.2, 0) is 6.18 Å². The van der Waals surface area contributed by atoms with E-state index in [1.165, 1.54) is 6.07 Å². The molecule has 30 heavy (non-hydrogen) atoms. The summed E-state index contributed by atoms with van der Waals surface area (Å²) in [5.41, 5.74) is 0.937. The standard InChI is InChI=1S/C22H25F3N4O/c1-2-3-4-11-26-21(30)29-17-10-12-28(14-17)19-9-8-18(27-20(19)29)15-6-5-7-16(13-15)22(23,24)25/h5-9,13,17H,2-4,10-12,14H2,1H3,(H,26,30)/t17-/m0/s1. The molecule has 0 unspecified atom stereocenters. The highest BCUT2D eigenvalue weighted by Crippen LogP contribution is 2.40. The van der Waals surface area contributed by atoms with Gasteiger partial charge in [0.15, 0.2) is 5.82 Å². The first kappa shape index (κ1) is 20.5. The second-order valence-corrected chi connectivity index (χ2v) is 7.82. The van der Waals surface area contributed by atoms with Gasteiger partial charge in [0.05, 0.1) is 23.0 Å². The van der Waals surface area contributed by atoms with Crippen LogP contribution in [0.4, 0.5) is 29.5 Å². The first-order valence-corrected chi connectivity index (χ1v) is 10.4. The number of urea groups is 1. The van der Waals surface area contributed by atoms with Crippen molar-refractivity contribution in [2.75, 3.05) is 29.4 Å². The molecule has 2 amide bonds. The molecule has 1 aromatic heterocycles. The highest BCUT2D eigenvalue weighted by atomic mass is 19.4. The molecule has 2 bridgehead atoms. The molecule has 0 aliphatic carbocycles. The van der Waals surface area contributed by atoms with Crippen molar-refractivity contribution in [3.05, 3.63) is 42.0 Å². The lowest BCUT2D eigenvalue weighted by atomic mass is 10.1. The molecule has 160 valence electrons. The molecule has 5 nitrogen and oxygen atoms in total. The Hall–Kier alpha value is -2.77. The van der Waals surface area contributed by atoms with Crippen molar-refractivity contribution in [1.82, 2.24) is 10.3 Å². The van der Waals surface area contributed by atoms with Crippen LogP contribution in [0.1, 0.15) is 38.2 Å². The predicted molar refractivity (Wildman–Crippen MR) is 111 cm³/mol. The van der Waals surface area contributed by atoms with E-state index in [0.29, 0.717) is 23.6 Å². The lowest BCUT2D eigenvalue weighted by molar-refractivity contribution is -0.137. The fourth-order valence-electron chi connectivity index (χ4n) is 4.14. The zero-order valence-electron chi connectivity index (χ0n) is 16.9. The lowest BCUT2D eigenvalue weighted by Crippen LogP contribution is -2.50. The van der Waals surface area contributed by atoms with Crippen LogP contribution >= 0.6 is 0 Å². The number of nitrogens with zero attached hydrogens (tertiary/aromatic N) is 3. The summed E-state index contributed by atoms with van der Waals surface area (Å²) in [6.07, 6.45) is -0.539. The van der Waals surface area contributed by atoms with E-state index in [9.17, 15) is 18.0 Å². The minimum atomic E-state index is -4.42. The van der Waals surface area contributed by atoms with Gasteiger partial charge >= 0.3 is 12.2 Å². The van der Waals surface area contributed by atoms with Gasteiger partial charge < -0.3 is 10.2 Å². The van der Waals surface area contributed by atoms with E-state index in [1.54, 1.807) is 17.0 Å². The highest BCUT2D eigenvalue weighted by Gasteiger charge is 2.40. The minimum Gasteiger partial charge on any atom is -0.366 e. The van der Waals surface area contributed by atoms with Crippen LogP contribution in [0.15, 0.2) is 36.4 Å². The summed E-state index contributed by atoms with van der Waals surface area (Å²) in [5, 5.41) is 2.98. The molecule has 2 aliphatic rings. The normalized spacial score (nSPS) is 17.8. The number of fused-ring (bicyclic) bond motifs is 4. The third kappa shape index (κ3) is 3.95. The number of carbonyl (C=O) groups is 1. The Labute approximate surface area is 173 Å². The van der Waals surface area contributed by atoms with Crippen molar-refractivity contribution in [2.45, 2.75) is 44.8 Å². The van der Waals surface area contributed by atoms with Crippen molar-refractivity contribution in [3.8, 4) is 11.3 Å². The second-order valence-electron chi connectivity index (χ2n) is 7.82. The van der Waals surface area contributed by atoms with E-state index >= 15 is 0 Å². The number of hydrogen-bond donors (Lipinski definition) is 1. The van der Waals surface area contributed by atoms with Crippen molar-refractivity contribution in [2.24, 2.45) is 0 Å². The number of aromatic nitrogens is 1. The second kappa shape index (κ2) is 8.16. The molecule has 4 rings (SSSR count). The van der Waals surface area contributed by atoms with Gasteiger partial charge in [-0.15, -0.1) is 0 Å². The number of pyridine rings is 1. The average molecular weight is 418 g/mol. The Kier molecular flexibility index (Phi) is 5.58. The van der Waals surface area contributed by atoms with Crippen LogP contribution in [0.5, 0.6) is 0 Å². The molecule has 1 aromatic carbocycles. The number of halogens is 3. The summed E-state index contributed by atoms with van der Waals surface area (Å²) in [6, 6.07) is 8.55. The van der Waals surface area contributed by atoms with Gasteiger partial charge in [0, 0.05) is 25.2 Å². The van der Waals surface area contributed by atoms with Gasteiger partial charge in [0.1, 0.15) is 0 Å². The Morgan fingerprint density at radius 3 is 2.83 bits per heavy atom. The first-order valence-electron chi connectivity index (χ1n) is 10.4. The largest absolute Gasteiger partial charge is 0.416 e. The summed E-state index contributed by atoms with van der Waals surface area (Å²) in [7, 11) is 0. The number of alkyl halides is 3. The molecule has 2 aliphatic heterocycles. The minimum absolute atomic E-state index is 0.0212. The van der Waals surface area contributed by atoms with E-state index in [2.05, 4.69) is 22.1 Å². The predicted octanol–water partition coefficient (Wildman–Crippen LogP) is 5.07. The number of nitrogens with one attached hydrogen (secondary N) is 1. The number of hydrogen-bond acceptors (Lipinski definition) is 3. The zero-order chi connectivity index (χ0) is 21.3. The summed E-state index contributed by atoms with van der Waals surface area (Å²) in [5.74, 6) is 0.520. The molecule has 3 heterocycles. The Morgan fingerprint density at radius 2 is 2.07 bits per heavy atom. The van der Waals surface area contributed by atoms with Gasteiger partial charge in [-0.3, -0.25) is 4.90 Å². The molecule has 1 atom stereocenters. The van der Waals surface area contributed by atoms with E-state index in [1.807, 2.05) is 6.07 Å². The van der Waals surface area contributed by atoms with Gasteiger partial charge in [-0.25, -0.2) is 9.78 Å². The smallest absolute Gasteiger partial charge is 0.366 e. The van der Waals surface area contributed by atoms with E-state index < -0.39 is 11.7 Å². The maximum absolute atomic E-state index is 13.1. The molecule has 1 N–H and O–H groups in total. The molecule has 0 radical (unpaired) electrons. The number of rotatable bonds is 5. The molecule has 1 fully saturated rings. The third-order valence-corrected chi connectivity index (χ3v) is 5.71. The van der Waals surface area contributed by atoms with Crippen LogP contribution in [0, 0.1) is 0 Å². The molecule has 0 saturated carbocycles. The van der Waals surface area contributed by atoms with Crippen LogP contribution in [0.3, 0.4) is 0 Å². The molecular formula is C22H25F3N4O. The molecular weight excluding hydrogens is 393 g/mol. The van der Waals surface area contributed by atoms with E-state index in [0.717, 1.165) is 56.6 Å². The highest BCUT2D eigenvalue weighted by molar-refractivity contribution is 5.97. The van der Waals surface area contributed by atoms with Gasteiger partial charge in [-0.1, -0.05) is 31.9 Å². The lowest BCUT2D eigenvalue weighted by Gasteiger charge is -2.36. The average Bonchev–Trinajstić information content (AvgIpc) is 3.15. The third-order valence-electron chi connectivity index (χ3n) is 5.71. The van der Waals surface area contributed by atoms with Crippen LogP contribution in [0.25, 0.3) is 11.3 Å². The molecule has 1 saturated heterocycles. The van der Waals surface area contributed by atoms with Crippen molar-refractivity contribution >= 4 is 17.5 Å². The van der Waals surface area contributed by atoms with Gasteiger partial charge in [0.2, 0.25) is 0 Å². The molecule has 0 spiro atoms. The molecule has 8 heteroatoms. The fourth-order valence-corrected chi connectivity index (χ4v) is 4.14.